The Labute approximate surface area is 120 Å². The van der Waals surface area contributed by atoms with Gasteiger partial charge in [-0.05, 0) is 37.1 Å². The number of amides is 1. The SMILES string of the molecule is CC(=O)Nc1ccc(CN2CCCCC[C@H]2CO)cc1. The minimum absolute atomic E-state index is 0.0504. The van der Waals surface area contributed by atoms with Gasteiger partial charge in [-0.2, -0.15) is 0 Å². The number of carbonyl (C=O) groups is 1. The van der Waals surface area contributed by atoms with Crippen LogP contribution in [0.25, 0.3) is 0 Å². The van der Waals surface area contributed by atoms with Gasteiger partial charge in [0.15, 0.2) is 0 Å². The molecule has 4 nitrogen and oxygen atoms in total. The topological polar surface area (TPSA) is 52.6 Å². The highest BCUT2D eigenvalue weighted by Gasteiger charge is 2.20. The lowest BCUT2D eigenvalue weighted by Gasteiger charge is -2.28. The first-order chi connectivity index (χ1) is 9.69. The van der Waals surface area contributed by atoms with Gasteiger partial charge in [-0.15, -0.1) is 0 Å². The van der Waals surface area contributed by atoms with E-state index in [1.54, 1.807) is 0 Å². The maximum atomic E-state index is 11.0. The van der Waals surface area contributed by atoms with Crippen LogP contribution < -0.4 is 5.32 Å². The van der Waals surface area contributed by atoms with Gasteiger partial charge in [0.2, 0.25) is 5.91 Å². The lowest BCUT2D eigenvalue weighted by atomic mass is 10.1. The standard InChI is InChI=1S/C16H24N2O2/c1-13(20)17-15-8-6-14(7-9-15)11-18-10-4-2-3-5-16(18)12-19/h6-9,16,19H,2-5,10-12H2,1H3,(H,17,20)/t16-/m0/s1. The summed E-state index contributed by atoms with van der Waals surface area (Å²) in [5, 5.41) is 12.3. The summed E-state index contributed by atoms with van der Waals surface area (Å²) in [4.78, 5) is 13.4. The number of carbonyl (C=O) groups excluding carboxylic acids is 1. The second-order valence-electron chi connectivity index (χ2n) is 5.53. The van der Waals surface area contributed by atoms with E-state index >= 15 is 0 Å². The molecule has 1 fully saturated rings. The fourth-order valence-electron chi connectivity index (χ4n) is 2.78. The van der Waals surface area contributed by atoms with Crippen molar-refractivity contribution in [2.24, 2.45) is 0 Å². The van der Waals surface area contributed by atoms with Crippen molar-refractivity contribution in [1.29, 1.82) is 0 Å². The average molecular weight is 276 g/mol. The summed E-state index contributed by atoms with van der Waals surface area (Å²) in [7, 11) is 0. The van der Waals surface area contributed by atoms with Crippen LogP contribution in [0.1, 0.15) is 38.2 Å². The number of likely N-dealkylation sites (tertiary alicyclic amines) is 1. The molecule has 0 aliphatic carbocycles. The van der Waals surface area contributed by atoms with Gasteiger partial charge in [0.25, 0.3) is 0 Å². The van der Waals surface area contributed by atoms with Crippen molar-refractivity contribution in [3.63, 3.8) is 0 Å². The van der Waals surface area contributed by atoms with E-state index in [4.69, 9.17) is 0 Å². The second-order valence-corrected chi connectivity index (χ2v) is 5.53. The Morgan fingerprint density at radius 2 is 2.05 bits per heavy atom. The van der Waals surface area contributed by atoms with Crippen LogP contribution in [-0.4, -0.2) is 35.1 Å². The van der Waals surface area contributed by atoms with Crippen molar-refractivity contribution in [3.05, 3.63) is 29.8 Å². The number of nitrogens with one attached hydrogen (secondary N) is 1. The molecule has 4 heteroatoms. The normalized spacial score (nSPS) is 20.4. The Hall–Kier alpha value is -1.39. The zero-order valence-electron chi connectivity index (χ0n) is 12.1. The van der Waals surface area contributed by atoms with Gasteiger partial charge < -0.3 is 10.4 Å². The van der Waals surface area contributed by atoms with Crippen molar-refractivity contribution in [2.45, 2.75) is 45.2 Å². The summed E-state index contributed by atoms with van der Waals surface area (Å²) in [6.45, 7) is 3.67. The Bertz CT molecular complexity index is 431. The van der Waals surface area contributed by atoms with Gasteiger partial charge in [0.1, 0.15) is 0 Å². The fraction of sp³-hybridized carbons (Fsp3) is 0.562. The first kappa shape index (κ1) is 15.0. The summed E-state index contributed by atoms with van der Waals surface area (Å²) in [6.07, 6.45) is 4.76. The number of aliphatic hydroxyl groups excluding tert-OH is 1. The van der Waals surface area contributed by atoms with E-state index in [0.717, 1.165) is 25.2 Å². The van der Waals surface area contributed by atoms with E-state index in [9.17, 15) is 9.90 Å². The number of anilines is 1. The Kier molecular flexibility index (Phi) is 5.56. The maximum Gasteiger partial charge on any atom is 0.221 e. The molecule has 0 radical (unpaired) electrons. The van der Waals surface area contributed by atoms with Crippen LogP contribution in [0, 0.1) is 0 Å². The van der Waals surface area contributed by atoms with Crippen LogP contribution in [0.3, 0.4) is 0 Å². The van der Waals surface area contributed by atoms with E-state index in [2.05, 4.69) is 10.2 Å². The van der Waals surface area contributed by atoms with E-state index in [1.165, 1.54) is 31.7 Å². The molecule has 0 spiro atoms. The average Bonchev–Trinajstić information content (AvgIpc) is 2.65. The largest absolute Gasteiger partial charge is 0.395 e. The molecule has 1 heterocycles. The van der Waals surface area contributed by atoms with Crippen LogP contribution in [-0.2, 0) is 11.3 Å². The van der Waals surface area contributed by atoms with Gasteiger partial charge in [-0.25, -0.2) is 0 Å². The minimum atomic E-state index is -0.0504. The molecule has 1 aliphatic rings. The molecule has 0 aromatic heterocycles. The summed E-state index contributed by atoms with van der Waals surface area (Å²) in [5.74, 6) is -0.0504. The number of hydrogen-bond acceptors (Lipinski definition) is 3. The molecule has 1 aromatic carbocycles. The molecule has 0 saturated carbocycles. The van der Waals surface area contributed by atoms with Crippen LogP contribution in [0.5, 0.6) is 0 Å². The molecule has 1 aromatic rings. The molecule has 2 rings (SSSR count). The smallest absolute Gasteiger partial charge is 0.221 e. The van der Waals surface area contributed by atoms with Gasteiger partial charge >= 0.3 is 0 Å². The van der Waals surface area contributed by atoms with Gasteiger partial charge in [-0.3, -0.25) is 9.69 Å². The molecule has 1 aliphatic heterocycles. The van der Waals surface area contributed by atoms with Crippen molar-refractivity contribution in [2.75, 3.05) is 18.5 Å². The highest BCUT2D eigenvalue weighted by molar-refractivity contribution is 5.88. The van der Waals surface area contributed by atoms with Crippen LogP contribution in [0.15, 0.2) is 24.3 Å². The monoisotopic (exact) mass is 276 g/mol. The van der Waals surface area contributed by atoms with E-state index in [1.807, 2.05) is 24.3 Å². The number of aliphatic hydroxyl groups is 1. The zero-order chi connectivity index (χ0) is 14.4. The molecule has 110 valence electrons. The van der Waals surface area contributed by atoms with Gasteiger partial charge in [-0.1, -0.05) is 25.0 Å². The molecule has 0 bridgehead atoms. The third-order valence-corrected chi connectivity index (χ3v) is 3.87. The third-order valence-electron chi connectivity index (χ3n) is 3.87. The quantitative estimate of drug-likeness (QED) is 0.888. The summed E-state index contributed by atoms with van der Waals surface area (Å²) in [6, 6.07) is 8.24. The predicted octanol–water partition coefficient (Wildman–Crippen LogP) is 2.38. The minimum Gasteiger partial charge on any atom is -0.395 e. The van der Waals surface area contributed by atoms with E-state index in [-0.39, 0.29) is 18.6 Å². The molecule has 0 unspecified atom stereocenters. The van der Waals surface area contributed by atoms with Crippen molar-refractivity contribution >= 4 is 11.6 Å². The number of nitrogens with zero attached hydrogens (tertiary/aromatic N) is 1. The first-order valence-electron chi connectivity index (χ1n) is 7.40. The molecule has 1 atom stereocenters. The number of rotatable bonds is 4. The van der Waals surface area contributed by atoms with Crippen molar-refractivity contribution < 1.29 is 9.90 Å². The highest BCUT2D eigenvalue weighted by Crippen LogP contribution is 2.20. The summed E-state index contributed by atoms with van der Waals surface area (Å²) in [5.41, 5.74) is 2.05. The third kappa shape index (κ3) is 4.32. The number of hydrogen-bond donors (Lipinski definition) is 2. The first-order valence-corrected chi connectivity index (χ1v) is 7.40. The van der Waals surface area contributed by atoms with Crippen LogP contribution in [0.2, 0.25) is 0 Å². The predicted molar refractivity (Wildman–Crippen MR) is 80.5 cm³/mol. The van der Waals surface area contributed by atoms with Gasteiger partial charge in [0.05, 0.1) is 6.61 Å². The van der Waals surface area contributed by atoms with E-state index in [0.29, 0.717) is 0 Å². The second kappa shape index (κ2) is 7.41. The highest BCUT2D eigenvalue weighted by atomic mass is 16.3. The fourth-order valence-corrected chi connectivity index (χ4v) is 2.78. The summed E-state index contributed by atoms with van der Waals surface area (Å²) < 4.78 is 0. The lowest BCUT2D eigenvalue weighted by molar-refractivity contribution is -0.114. The van der Waals surface area contributed by atoms with Crippen LogP contribution >= 0.6 is 0 Å². The van der Waals surface area contributed by atoms with Crippen molar-refractivity contribution in [3.8, 4) is 0 Å². The Balaban J connectivity index is 1.98. The summed E-state index contributed by atoms with van der Waals surface area (Å²) >= 11 is 0. The van der Waals surface area contributed by atoms with Gasteiger partial charge in [0, 0.05) is 25.2 Å². The van der Waals surface area contributed by atoms with Crippen LogP contribution in [0.4, 0.5) is 5.69 Å². The lowest BCUT2D eigenvalue weighted by Crippen LogP contribution is -2.36. The number of benzene rings is 1. The van der Waals surface area contributed by atoms with Crippen molar-refractivity contribution in [1.82, 2.24) is 4.90 Å². The van der Waals surface area contributed by atoms with E-state index < -0.39 is 0 Å². The molecule has 1 amide bonds. The zero-order valence-corrected chi connectivity index (χ0v) is 12.1. The molecule has 20 heavy (non-hydrogen) atoms. The Morgan fingerprint density at radius 1 is 1.30 bits per heavy atom. The molecule has 1 saturated heterocycles. The Morgan fingerprint density at radius 3 is 2.70 bits per heavy atom. The molecule has 2 N–H and O–H groups in total. The maximum absolute atomic E-state index is 11.0. The molecular weight excluding hydrogens is 252 g/mol. The molecular formula is C16H24N2O2.